The zero-order valence-electron chi connectivity index (χ0n) is 15.2. The molecule has 3 aromatic carbocycles. The minimum Gasteiger partial charge on any atom is -0.488 e. The fourth-order valence-electron chi connectivity index (χ4n) is 2.55. The summed E-state index contributed by atoms with van der Waals surface area (Å²) in [5.74, 6) is -0.00369. The Morgan fingerprint density at radius 2 is 1.76 bits per heavy atom. The largest absolute Gasteiger partial charge is 0.488 e. The highest BCUT2D eigenvalue weighted by atomic mass is 35.5. The average molecular weight is 423 g/mol. The van der Waals surface area contributed by atoms with E-state index in [-0.39, 0.29) is 10.6 Å². The number of para-hydroxylation sites is 1. The normalized spacial score (nSPS) is 10.9. The molecule has 0 aromatic heterocycles. The molecule has 0 aliphatic carbocycles. The number of nitrogens with one attached hydrogen (secondary N) is 1. The summed E-state index contributed by atoms with van der Waals surface area (Å²) in [7, 11) is 0. The second kappa shape index (κ2) is 9.79. The fourth-order valence-corrected chi connectivity index (χ4v) is 3.01. The summed E-state index contributed by atoms with van der Waals surface area (Å²) in [6.07, 6.45) is 1.49. The number of rotatable bonds is 6. The molecule has 0 heterocycles. The molecule has 0 atom stereocenters. The van der Waals surface area contributed by atoms with E-state index in [0.29, 0.717) is 28.6 Å². The number of hydrogen-bond acceptors (Lipinski definition) is 3. The van der Waals surface area contributed by atoms with Gasteiger partial charge < -0.3 is 10.1 Å². The van der Waals surface area contributed by atoms with Crippen molar-refractivity contribution in [3.63, 3.8) is 0 Å². The topological polar surface area (TPSA) is 62.1 Å². The van der Waals surface area contributed by atoms with Gasteiger partial charge in [0.1, 0.15) is 24.0 Å². The zero-order valence-corrected chi connectivity index (χ0v) is 16.7. The van der Waals surface area contributed by atoms with Gasteiger partial charge in [0.25, 0.3) is 5.91 Å². The van der Waals surface area contributed by atoms with Gasteiger partial charge in [-0.25, -0.2) is 0 Å². The van der Waals surface area contributed by atoms with Crippen molar-refractivity contribution in [1.82, 2.24) is 0 Å². The first-order chi connectivity index (χ1) is 14.1. The predicted molar refractivity (Wildman–Crippen MR) is 116 cm³/mol. The molecule has 0 unspecified atom stereocenters. The van der Waals surface area contributed by atoms with Crippen molar-refractivity contribution >= 4 is 40.9 Å². The van der Waals surface area contributed by atoms with Crippen LogP contribution in [0.15, 0.2) is 78.4 Å². The highest BCUT2D eigenvalue weighted by Gasteiger charge is 2.13. The van der Waals surface area contributed by atoms with Crippen LogP contribution in [-0.4, -0.2) is 5.91 Å². The van der Waals surface area contributed by atoms with Crippen LogP contribution in [0, 0.1) is 11.3 Å². The van der Waals surface area contributed by atoms with Crippen LogP contribution in [0.5, 0.6) is 5.75 Å². The number of amides is 1. The number of anilines is 1. The van der Waals surface area contributed by atoms with Gasteiger partial charge in [-0.3, -0.25) is 4.79 Å². The smallest absolute Gasteiger partial charge is 0.266 e. The van der Waals surface area contributed by atoms with Gasteiger partial charge in [-0.15, -0.1) is 0 Å². The predicted octanol–water partition coefficient (Wildman–Crippen LogP) is 6.12. The summed E-state index contributed by atoms with van der Waals surface area (Å²) in [5.41, 5.74) is 1.93. The first-order valence-corrected chi connectivity index (χ1v) is 9.46. The van der Waals surface area contributed by atoms with Crippen LogP contribution in [0.4, 0.5) is 5.69 Å². The third kappa shape index (κ3) is 5.61. The standard InChI is InChI=1S/C23H16Cl2N2O2/c24-19-10-11-21(20(25)13-19)27-23(28)18(14-26)12-17-8-4-5-9-22(17)29-15-16-6-2-1-3-7-16/h1-13H,15H2,(H,27,28)/b18-12+. The number of ether oxygens (including phenoxy) is 1. The Kier molecular flexibility index (Phi) is 6.91. The molecule has 3 rings (SSSR count). The van der Waals surface area contributed by atoms with Crippen molar-refractivity contribution in [2.45, 2.75) is 6.61 Å². The molecule has 0 spiro atoms. The van der Waals surface area contributed by atoms with E-state index in [1.54, 1.807) is 24.3 Å². The molecule has 6 heteroatoms. The molecule has 29 heavy (non-hydrogen) atoms. The molecule has 0 aliphatic rings. The van der Waals surface area contributed by atoms with Gasteiger partial charge in [-0.2, -0.15) is 5.26 Å². The number of nitriles is 1. The molecule has 1 N–H and O–H groups in total. The van der Waals surface area contributed by atoms with Crippen LogP contribution < -0.4 is 10.1 Å². The number of hydrogen-bond donors (Lipinski definition) is 1. The minimum atomic E-state index is -0.574. The summed E-state index contributed by atoms with van der Waals surface area (Å²) in [5, 5.41) is 12.8. The molecular weight excluding hydrogens is 407 g/mol. The van der Waals surface area contributed by atoms with Crippen LogP contribution in [0.2, 0.25) is 10.0 Å². The van der Waals surface area contributed by atoms with E-state index < -0.39 is 5.91 Å². The third-order valence-corrected chi connectivity index (χ3v) is 4.55. The van der Waals surface area contributed by atoms with Gasteiger partial charge in [0.15, 0.2) is 0 Å². The van der Waals surface area contributed by atoms with Gasteiger partial charge >= 0.3 is 0 Å². The fraction of sp³-hybridized carbons (Fsp3) is 0.0435. The number of nitrogens with zero attached hydrogens (tertiary/aromatic N) is 1. The molecule has 3 aromatic rings. The van der Waals surface area contributed by atoms with Gasteiger partial charge in [-0.05, 0) is 35.9 Å². The van der Waals surface area contributed by atoms with Crippen molar-refractivity contribution in [3.05, 3.63) is 99.5 Å². The lowest BCUT2D eigenvalue weighted by Crippen LogP contribution is -2.13. The second-order valence-corrected chi connectivity index (χ2v) is 6.90. The molecule has 144 valence electrons. The lowest BCUT2D eigenvalue weighted by molar-refractivity contribution is -0.112. The Bertz CT molecular complexity index is 1090. The van der Waals surface area contributed by atoms with Crippen LogP contribution in [0.1, 0.15) is 11.1 Å². The molecule has 0 saturated carbocycles. The summed E-state index contributed by atoms with van der Waals surface area (Å²) in [6.45, 7) is 0.375. The lowest BCUT2D eigenvalue weighted by atomic mass is 10.1. The van der Waals surface area contributed by atoms with Crippen molar-refractivity contribution < 1.29 is 9.53 Å². The highest BCUT2D eigenvalue weighted by molar-refractivity contribution is 6.36. The van der Waals surface area contributed by atoms with E-state index in [9.17, 15) is 10.1 Å². The SMILES string of the molecule is N#C/C(=C\c1ccccc1OCc1ccccc1)C(=O)Nc1ccc(Cl)cc1Cl. The summed E-state index contributed by atoms with van der Waals surface area (Å²) < 4.78 is 5.88. The number of halogens is 2. The van der Waals surface area contributed by atoms with Crippen LogP contribution >= 0.6 is 23.2 Å². The minimum absolute atomic E-state index is 0.0771. The van der Waals surface area contributed by atoms with Crippen molar-refractivity contribution in [2.75, 3.05) is 5.32 Å². The van der Waals surface area contributed by atoms with Crippen LogP contribution in [0.3, 0.4) is 0 Å². The maximum absolute atomic E-state index is 12.5. The van der Waals surface area contributed by atoms with E-state index in [1.807, 2.05) is 48.5 Å². The van der Waals surface area contributed by atoms with Crippen LogP contribution in [0.25, 0.3) is 6.08 Å². The van der Waals surface area contributed by atoms with E-state index in [0.717, 1.165) is 5.56 Å². The Labute approximate surface area is 179 Å². The molecule has 0 bridgehead atoms. The lowest BCUT2D eigenvalue weighted by Gasteiger charge is -2.10. The quantitative estimate of drug-likeness (QED) is 0.384. The van der Waals surface area contributed by atoms with Gasteiger partial charge in [0.2, 0.25) is 0 Å². The van der Waals surface area contributed by atoms with Gasteiger partial charge in [0.05, 0.1) is 10.7 Å². The third-order valence-electron chi connectivity index (χ3n) is 4.00. The molecular formula is C23H16Cl2N2O2. The molecule has 0 aliphatic heterocycles. The molecule has 4 nitrogen and oxygen atoms in total. The maximum atomic E-state index is 12.5. The number of benzene rings is 3. The Morgan fingerprint density at radius 1 is 1.03 bits per heavy atom. The van der Waals surface area contributed by atoms with Crippen molar-refractivity contribution in [1.29, 1.82) is 5.26 Å². The molecule has 0 saturated heterocycles. The van der Waals surface area contributed by atoms with E-state index in [4.69, 9.17) is 27.9 Å². The van der Waals surface area contributed by atoms with E-state index in [1.165, 1.54) is 12.1 Å². The molecule has 1 amide bonds. The number of carbonyl (C=O) groups is 1. The zero-order chi connectivity index (χ0) is 20.6. The summed E-state index contributed by atoms with van der Waals surface area (Å²) >= 11 is 12.0. The first-order valence-electron chi connectivity index (χ1n) is 8.71. The second-order valence-electron chi connectivity index (χ2n) is 6.06. The van der Waals surface area contributed by atoms with Gasteiger partial charge in [-0.1, -0.05) is 71.7 Å². The molecule has 0 radical (unpaired) electrons. The Balaban J connectivity index is 1.79. The highest BCUT2D eigenvalue weighted by Crippen LogP contribution is 2.27. The summed E-state index contributed by atoms with van der Waals surface area (Å²) in [4.78, 5) is 12.5. The Hall–Kier alpha value is -3.26. The number of carbonyl (C=O) groups excluding carboxylic acids is 1. The van der Waals surface area contributed by atoms with Gasteiger partial charge in [0, 0.05) is 10.6 Å². The van der Waals surface area contributed by atoms with E-state index >= 15 is 0 Å². The first kappa shape index (κ1) is 20.5. The average Bonchev–Trinajstić information content (AvgIpc) is 2.74. The van der Waals surface area contributed by atoms with Crippen molar-refractivity contribution in [2.24, 2.45) is 0 Å². The Morgan fingerprint density at radius 3 is 2.48 bits per heavy atom. The monoisotopic (exact) mass is 422 g/mol. The molecule has 0 fully saturated rings. The van der Waals surface area contributed by atoms with E-state index in [2.05, 4.69) is 5.32 Å². The van der Waals surface area contributed by atoms with Crippen LogP contribution in [-0.2, 0) is 11.4 Å². The summed E-state index contributed by atoms with van der Waals surface area (Å²) in [6, 6.07) is 23.6. The maximum Gasteiger partial charge on any atom is 0.266 e. The van der Waals surface area contributed by atoms with Crippen molar-refractivity contribution in [3.8, 4) is 11.8 Å².